The first-order chi connectivity index (χ1) is 14.5. The molecule has 2 aliphatic rings. The molecule has 5 nitrogen and oxygen atoms in total. The molecular weight excluding hydrogens is 374 g/mol. The summed E-state index contributed by atoms with van der Waals surface area (Å²) in [5, 5.41) is 3.71. The molecule has 5 heteroatoms. The van der Waals surface area contributed by atoms with Gasteiger partial charge in [0.1, 0.15) is 0 Å². The largest absolute Gasteiger partial charge is 0.338 e. The fourth-order valence-corrected chi connectivity index (χ4v) is 4.87. The SMILES string of the molecule is CCC(C)N1C(=O)C(Cc2ccccc2)NC12CCN(C(=O)c1ccccc1)CC2. The standard InChI is InChI=1S/C25H31N3O2/c1-3-19(2)28-24(30)22(18-20-10-6-4-7-11-20)26-25(28)14-16-27(17-15-25)23(29)21-12-8-5-9-13-21/h4-13,19,22,26H,3,14-18H2,1-2H3. The van der Waals surface area contributed by atoms with E-state index < -0.39 is 0 Å². The fourth-order valence-electron chi connectivity index (χ4n) is 4.87. The maximum Gasteiger partial charge on any atom is 0.253 e. The van der Waals surface area contributed by atoms with Crippen molar-refractivity contribution in [1.82, 2.24) is 15.1 Å². The summed E-state index contributed by atoms with van der Waals surface area (Å²) in [5.74, 6) is 0.265. The summed E-state index contributed by atoms with van der Waals surface area (Å²) >= 11 is 0. The summed E-state index contributed by atoms with van der Waals surface area (Å²) in [6.07, 6.45) is 3.13. The molecule has 2 unspecified atom stereocenters. The Labute approximate surface area is 179 Å². The predicted molar refractivity (Wildman–Crippen MR) is 118 cm³/mol. The fraction of sp³-hybridized carbons (Fsp3) is 0.440. The second-order valence-corrected chi connectivity index (χ2v) is 8.54. The van der Waals surface area contributed by atoms with E-state index in [9.17, 15) is 9.59 Å². The monoisotopic (exact) mass is 405 g/mol. The van der Waals surface area contributed by atoms with Gasteiger partial charge in [0.25, 0.3) is 5.91 Å². The first-order valence-electron chi connectivity index (χ1n) is 11.0. The molecule has 30 heavy (non-hydrogen) atoms. The summed E-state index contributed by atoms with van der Waals surface area (Å²) in [6.45, 7) is 5.57. The Kier molecular flexibility index (Phi) is 5.91. The molecular formula is C25H31N3O2. The molecule has 0 aromatic heterocycles. The van der Waals surface area contributed by atoms with Crippen molar-refractivity contribution in [2.45, 2.75) is 57.3 Å². The number of likely N-dealkylation sites (tertiary alicyclic amines) is 1. The molecule has 4 rings (SSSR count). The van der Waals surface area contributed by atoms with E-state index in [1.165, 1.54) is 5.56 Å². The molecule has 1 spiro atoms. The van der Waals surface area contributed by atoms with Gasteiger partial charge in [0.2, 0.25) is 5.91 Å². The topological polar surface area (TPSA) is 52.7 Å². The van der Waals surface area contributed by atoms with Gasteiger partial charge in [-0.15, -0.1) is 0 Å². The van der Waals surface area contributed by atoms with Crippen LogP contribution in [0.3, 0.4) is 0 Å². The Morgan fingerprint density at radius 1 is 1.07 bits per heavy atom. The molecule has 0 bridgehead atoms. The van der Waals surface area contributed by atoms with Crippen molar-refractivity contribution < 1.29 is 9.59 Å². The average Bonchev–Trinajstić information content (AvgIpc) is 3.05. The third kappa shape index (κ3) is 3.86. The van der Waals surface area contributed by atoms with Crippen LogP contribution in [0.15, 0.2) is 60.7 Å². The highest BCUT2D eigenvalue weighted by Gasteiger charge is 2.52. The molecule has 2 amide bonds. The zero-order valence-corrected chi connectivity index (χ0v) is 17.9. The molecule has 2 fully saturated rings. The number of carbonyl (C=O) groups excluding carboxylic acids is 2. The van der Waals surface area contributed by atoms with E-state index in [1.54, 1.807) is 0 Å². The van der Waals surface area contributed by atoms with Crippen LogP contribution in [0.1, 0.15) is 49.0 Å². The van der Waals surface area contributed by atoms with E-state index in [4.69, 9.17) is 0 Å². The molecule has 2 aromatic rings. The summed E-state index contributed by atoms with van der Waals surface area (Å²) in [6, 6.07) is 19.6. The number of nitrogens with zero attached hydrogens (tertiary/aromatic N) is 2. The Balaban J connectivity index is 1.51. The Bertz CT molecular complexity index is 876. The molecule has 0 saturated carbocycles. The Hall–Kier alpha value is -2.66. The van der Waals surface area contributed by atoms with Crippen molar-refractivity contribution in [3.63, 3.8) is 0 Å². The van der Waals surface area contributed by atoms with E-state index in [2.05, 4.69) is 36.2 Å². The van der Waals surface area contributed by atoms with Gasteiger partial charge in [0.05, 0.1) is 11.7 Å². The number of carbonyl (C=O) groups is 2. The van der Waals surface area contributed by atoms with Crippen LogP contribution in [0, 0.1) is 0 Å². The minimum Gasteiger partial charge on any atom is -0.338 e. The number of benzene rings is 2. The Morgan fingerprint density at radius 2 is 1.67 bits per heavy atom. The molecule has 0 aliphatic carbocycles. The highest BCUT2D eigenvalue weighted by atomic mass is 16.2. The van der Waals surface area contributed by atoms with Crippen molar-refractivity contribution in [2.24, 2.45) is 0 Å². The predicted octanol–water partition coefficient (Wildman–Crippen LogP) is 3.46. The third-order valence-corrected chi connectivity index (χ3v) is 6.65. The minimum atomic E-state index is -0.362. The number of rotatable bonds is 5. The van der Waals surface area contributed by atoms with Crippen molar-refractivity contribution >= 4 is 11.8 Å². The van der Waals surface area contributed by atoms with Gasteiger partial charge in [-0.25, -0.2) is 0 Å². The van der Waals surface area contributed by atoms with E-state index in [0.29, 0.717) is 19.5 Å². The lowest BCUT2D eigenvalue weighted by Crippen LogP contribution is -2.61. The Morgan fingerprint density at radius 3 is 2.27 bits per heavy atom. The lowest BCUT2D eigenvalue weighted by Gasteiger charge is -2.46. The normalized spacial score (nSPS) is 21.8. The van der Waals surface area contributed by atoms with Crippen LogP contribution in [0.25, 0.3) is 0 Å². The van der Waals surface area contributed by atoms with Gasteiger partial charge in [-0.05, 0) is 37.5 Å². The van der Waals surface area contributed by atoms with Crippen molar-refractivity contribution in [3.8, 4) is 0 Å². The number of hydrogen-bond donors (Lipinski definition) is 1. The summed E-state index contributed by atoms with van der Waals surface area (Å²) in [7, 11) is 0. The molecule has 158 valence electrons. The minimum absolute atomic E-state index is 0.0747. The van der Waals surface area contributed by atoms with Crippen molar-refractivity contribution in [2.75, 3.05) is 13.1 Å². The van der Waals surface area contributed by atoms with Gasteiger partial charge in [0, 0.05) is 37.5 Å². The first kappa shape index (κ1) is 20.6. The smallest absolute Gasteiger partial charge is 0.253 e. The molecule has 2 heterocycles. The van der Waals surface area contributed by atoms with E-state index in [0.717, 1.165) is 24.8 Å². The lowest BCUT2D eigenvalue weighted by molar-refractivity contribution is -0.136. The van der Waals surface area contributed by atoms with Crippen LogP contribution >= 0.6 is 0 Å². The quantitative estimate of drug-likeness (QED) is 0.829. The molecule has 2 saturated heterocycles. The zero-order chi connectivity index (χ0) is 21.1. The van der Waals surface area contributed by atoms with Gasteiger partial charge in [-0.2, -0.15) is 0 Å². The van der Waals surface area contributed by atoms with E-state index in [1.807, 2.05) is 53.4 Å². The van der Waals surface area contributed by atoms with Crippen LogP contribution in [-0.2, 0) is 11.2 Å². The van der Waals surface area contributed by atoms with Crippen molar-refractivity contribution in [3.05, 3.63) is 71.8 Å². The number of amides is 2. The highest BCUT2D eigenvalue weighted by Crippen LogP contribution is 2.36. The third-order valence-electron chi connectivity index (χ3n) is 6.65. The van der Waals surface area contributed by atoms with Crippen LogP contribution in [0.4, 0.5) is 0 Å². The van der Waals surface area contributed by atoms with Crippen LogP contribution < -0.4 is 5.32 Å². The highest BCUT2D eigenvalue weighted by molar-refractivity contribution is 5.94. The molecule has 2 atom stereocenters. The van der Waals surface area contributed by atoms with Crippen LogP contribution in [0.5, 0.6) is 0 Å². The van der Waals surface area contributed by atoms with Gasteiger partial charge in [-0.1, -0.05) is 55.5 Å². The lowest BCUT2D eigenvalue weighted by atomic mass is 9.93. The number of piperidine rings is 1. The molecule has 2 aromatic carbocycles. The van der Waals surface area contributed by atoms with Gasteiger partial charge in [0.15, 0.2) is 0 Å². The zero-order valence-electron chi connectivity index (χ0n) is 17.9. The summed E-state index contributed by atoms with van der Waals surface area (Å²) in [5.41, 5.74) is 1.53. The molecule has 1 N–H and O–H groups in total. The van der Waals surface area contributed by atoms with E-state index in [-0.39, 0.29) is 29.6 Å². The van der Waals surface area contributed by atoms with Crippen LogP contribution in [0.2, 0.25) is 0 Å². The van der Waals surface area contributed by atoms with E-state index >= 15 is 0 Å². The summed E-state index contributed by atoms with van der Waals surface area (Å²) < 4.78 is 0. The first-order valence-corrected chi connectivity index (χ1v) is 11.0. The molecule has 0 radical (unpaired) electrons. The maximum atomic E-state index is 13.4. The maximum absolute atomic E-state index is 13.4. The number of hydrogen-bond acceptors (Lipinski definition) is 3. The van der Waals surface area contributed by atoms with Crippen LogP contribution in [-0.4, -0.2) is 52.5 Å². The summed E-state index contributed by atoms with van der Waals surface area (Å²) in [4.78, 5) is 30.3. The average molecular weight is 406 g/mol. The van der Waals surface area contributed by atoms with Gasteiger partial charge < -0.3 is 9.80 Å². The second kappa shape index (κ2) is 8.60. The second-order valence-electron chi connectivity index (χ2n) is 8.54. The van der Waals surface area contributed by atoms with Gasteiger partial charge in [-0.3, -0.25) is 14.9 Å². The van der Waals surface area contributed by atoms with Gasteiger partial charge >= 0.3 is 0 Å². The van der Waals surface area contributed by atoms with Crippen molar-refractivity contribution in [1.29, 1.82) is 0 Å². The number of nitrogens with one attached hydrogen (secondary N) is 1. The molecule has 2 aliphatic heterocycles.